The number of aromatic nitrogens is 3. The molecule has 3 heteroatoms. The zero-order valence-electron chi connectivity index (χ0n) is 26.8. The van der Waals surface area contributed by atoms with Crippen LogP contribution in [0.15, 0.2) is 152 Å². The fourth-order valence-corrected chi connectivity index (χ4v) is 7.91. The molecule has 0 saturated carbocycles. The third-order valence-electron chi connectivity index (χ3n) is 10.1. The van der Waals surface area contributed by atoms with Gasteiger partial charge in [-0.2, -0.15) is 0 Å². The molecular weight excluding hydrogens is 583 g/mol. The Hall–Kier alpha value is -6.19. The van der Waals surface area contributed by atoms with Crippen molar-refractivity contribution in [1.29, 1.82) is 0 Å². The number of hydrogen-bond acceptors (Lipinski definition) is 1. The molecule has 0 atom stereocenters. The Morgan fingerprint density at radius 2 is 1.04 bits per heavy atom. The molecule has 7 aromatic carbocycles. The van der Waals surface area contributed by atoms with Crippen LogP contribution in [-0.4, -0.2) is 14.0 Å². The van der Waals surface area contributed by atoms with Crippen LogP contribution in [0.4, 0.5) is 0 Å². The van der Waals surface area contributed by atoms with E-state index in [2.05, 4.69) is 174 Å². The van der Waals surface area contributed by atoms with Crippen LogP contribution < -0.4 is 0 Å². The van der Waals surface area contributed by atoms with E-state index in [1.165, 1.54) is 71.5 Å². The Morgan fingerprint density at radius 3 is 1.81 bits per heavy atom. The van der Waals surface area contributed by atoms with Crippen molar-refractivity contribution >= 4 is 49.1 Å². The number of nitrogens with zero attached hydrogens (tertiary/aromatic N) is 3. The summed E-state index contributed by atoms with van der Waals surface area (Å²) in [5, 5.41) is 5.25. The second kappa shape index (κ2) is 10.2. The maximum atomic E-state index is 5.10. The Bertz CT molecular complexity index is 2850. The lowest BCUT2D eigenvalue weighted by Crippen LogP contribution is -1.98. The van der Waals surface area contributed by atoms with Crippen LogP contribution in [0.1, 0.15) is 11.1 Å². The number of rotatable bonds is 4. The highest BCUT2D eigenvalue weighted by Gasteiger charge is 2.19. The van der Waals surface area contributed by atoms with Gasteiger partial charge in [0.15, 0.2) is 0 Å². The average molecular weight is 614 g/mol. The maximum absolute atomic E-state index is 5.10. The molecule has 0 radical (unpaired) electrons. The highest BCUT2D eigenvalue weighted by Crippen LogP contribution is 2.41. The van der Waals surface area contributed by atoms with Crippen molar-refractivity contribution in [3.63, 3.8) is 0 Å². The summed E-state index contributed by atoms with van der Waals surface area (Å²) < 4.78 is 4.71. The molecule has 10 aromatic rings. The zero-order chi connectivity index (χ0) is 31.9. The normalized spacial score (nSPS) is 12.0. The van der Waals surface area contributed by atoms with Crippen LogP contribution in [0.5, 0.6) is 0 Å². The molecule has 0 N–H and O–H groups in total. The molecular formula is C45H31N3. The fraction of sp³-hybridized carbons (Fsp3) is 0.0444. The van der Waals surface area contributed by atoms with Crippen molar-refractivity contribution in [1.82, 2.24) is 14.0 Å². The quantitative estimate of drug-likeness (QED) is 0.194. The first-order valence-electron chi connectivity index (χ1n) is 16.6. The van der Waals surface area contributed by atoms with Crippen LogP contribution in [0, 0.1) is 13.8 Å². The summed E-state index contributed by atoms with van der Waals surface area (Å²) >= 11 is 0. The molecule has 0 aliphatic heterocycles. The number of para-hydroxylation sites is 5. The first-order valence-corrected chi connectivity index (χ1v) is 16.6. The molecule has 0 bridgehead atoms. The Morgan fingerprint density at radius 1 is 0.438 bits per heavy atom. The van der Waals surface area contributed by atoms with Gasteiger partial charge in [-0.05, 0) is 89.7 Å². The van der Waals surface area contributed by atoms with E-state index in [0.717, 1.165) is 28.1 Å². The topological polar surface area (TPSA) is 22.2 Å². The Kier molecular flexibility index (Phi) is 5.71. The molecule has 10 rings (SSSR count). The van der Waals surface area contributed by atoms with E-state index in [1.54, 1.807) is 0 Å². The van der Waals surface area contributed by atoms with E-state index in [4.69, 9.17) is 4.98 Å². The summed E-state index contributed by atoms with van der Waals surface area (Å²) in [6, 6.07) is 54.9. The number of aryl methyl sites for hydroxylation is 2. The van der Waals surface area contributed by atoms with Crippen LogP contribution in [0.2, 0.25) is 0 Å². The number of hydrogen-bond donors (Lipinski definition) is 0. The standard InChI is InChI=1S/C45H31N3/c1-28-25-30(31-20-23-35(29(2)26-31)45-46-40-16-7-9-18-43(40)47(45)33-11-4-3-5-12-33)19-22-34(28)32-21-24-42-39(27-32)38-15-10-14-37-36-13-6-8-17-41(36)48(42)44(37)38/h3-27H,1-2H3. The molecule has 0 aliphatic carbocycles. The molecule has 48 heavy (non-hydrogen) atoms. The van der Waals surface area contributed by atoms with Gasteiger partial charge in [-0.15, -0.1) is 0 Å². The second-order valence-electron chi connectivity index (χ2n) is 12.9. The third kappa shape index (κ3) is 3.85. The van der Waals surface area contributed by atoms with Crippen molar-refractivity contribution in [2.75, 3.05) is 0 Å². The minimum Gasteiger partial charge on any atom is -0.308 e. The molecule has 3 aromatic heterocycles. The van der Waals surface area contributed by atoms with Crippen LogP contribution in [0.3, 0.4) is 0 Å². The first kappa shape index (κ1) is 27.0. The van der Waals surface area contributed by atoms with Crippen molar-refractivity contribution < 1.29 is 0 Å². The summed E-state index contributed by atoms with van der Waals surface area (Å²) in [6.45, 7) is 4.42. The molecule has 3 heterocycles. The smallest absolute Gasteiger partial charge is 0.145 e. The number of benzene rings is 7. The van der Waals surface area contributed by atoms with Gasteiger partial charge in [-0.3, -0.25) is 4.57 Å². The third-order valence-corrected chi connectivity index (χ3v) is 10.1. The van der Waals surface area contributed by atoms with E-state index in [-0.39, 0.29) is 0 Å². The van der Waals surface area contributed by atoms with Crippen LogP contribution in [0.25, 0.3) is 88.5 Å². The van der Waals surface area contributed by atoms with Gasteiger partial charge in [0.25, 0.3) is 0 Å². The van der Waals surface area contributed by atoms with Crippen molar-refractivity contribution in [2.45, 2.75) is 13.8 Å². The van der Waals surface area contributed by atoms with E-state index in [9.17, 15) is 0 Å². The van der Waals surface area contributed by atoms with E-state index >= 15 is 0 Å². The molecule has 0 spiro atoms. The lowest BCUT2D eigenvalue weighted by molar-refractivity contribution is 1.10. The zero-order valence-corrected chi connectivity index (χ0v) is 26.8. The predicted molar refractivity (Wildman–Crippen MR) is 202 cm³/mol. The highest BCUT2D eigenvalue weighted by atomic mass is 15.1. The van der Waals surface area contributed by atoms with Crippen LogP contribution in [-0.2, 0) is 0 Å². The molecule has 0 aliphatic rings. The SMILES string of the molecule is Cc1cc(-c2ccc(-c3nc4ccccc4n3-c3ccccc3)c(C)c2)ccc1-c1ccc2c(c1)c1cccc3c4ccccc4n2c31. The molecule has 3 nitrogen and oxygen atoms in total. The van der Waals surface area contributed by atoms with Gasteiger partial charge < -0.3 is 4.40 Å². The minimum atomic E-state index is 0.963. The van der Waals surface area contributed by atoms with Gasteiger partial charge in [-0.25, -0.2) is 4.98 Å². The summed E-state index contributed by atoms with van der Waals surface area (Å²) in [6.07, 6.45) is 0. The second-order valence-corrected chi connectivity index (χ2v) is 12.9. The molecule has 0 unspecified atom stereocenters. The largest absolute Gasteiger partial charge is 0.308 e. The van der Waals surface area contributed by atoms with Crippen molar-refractivity contribution in [3.05, 3.63) is 163 Å². The van der Waals surface area contributed by atoms with Gasteiger partial charge >= 0.3 is 0 Å². The van der Waals surface area contributed by atoms with Crippen molar-refractivity contribution in [3.8, 4) is 39.3 Å². The number of imidazole rings is 1. The fourth-order valence-electron chi connectivity index (χ4n) is 7.91. The number of fused-ring (bicyclic) bond motifs is 7. The molecule has 0 fully saturated rings. The first-order chi connectivity index (χ1) is 23.6. The Labute approximate surface area is 278 Å². The summed E-state index contributed by atoms with van der Waals surface area (Å²) in [7, 11) is 0. The Balaban J connectivity index is 1.04. The lowest BCUT2D eigenvalue weighted by atomic mass is 9.93. The summed E-state index contributed by atoms with van der Waals surface area (Å²) in [4.78, 5) is 5.10. The van der Waals surface area contributed by atoms with E-state index < -0.39 is 0 Å². The average Bonchev–Trinajstić information content (AvgIpc) is 3.79. The van der Waals surface area contributed by atoms with Gasteiger partial charge in [0.2, 0.25) is 0 Å². The minimum absolute atomic E-state index is 0.963. The predicted octanol–water partition coefficient (Wildman–Crippen LogP) is 11.8. The van der Waals surface area contributed by atoms with E-state index in [1.807, 2.05) is 0 Å². The molecule has 226 valence electrons. The molecule has 0 amide bonds. The lowest BCUT2D eigenvalue weighted by Gasteiger charge is -2.14. The van der Waals surface area contributed by atoms with Gasteiger partial charge in [0.1, 0.15) is 5.82 Å². The summed E-state index contributed by atoms with van der Waals surface area (Å²) in [5.41, 5.74) is 15.6. The monoisotopic (exact) mass is 613 g/mol. The van der Waals surface area contributed by atoms with Crippen molar-refractivity contribution in [2.24, 2.45) is 0 Å². The maximum Gasteiger partial charge on any atom is 0.145 e. The van der Waals surface area contributed by atoms with Gasteiger partial charge in [0.05, 0.1) is 27.6 Å². The van der Waals surface area contributed by atoms with E-state index in [0.29, 0.717) is 0 Å². The van der Waals surface area contributed by atoms with Gasteiger partial charge in [0, 0.05) is 32.8 Å². The highest BCUT2D eigenvalue weighted by molar-refractivity contribution is 6.23. The summed E-state index contributed by atoms with van der Waals surface area (Å²) in [5.74, 6) is 0.963. The van der Waals surface area contributed by atoms with Crippen LogP contribution >= 0.6 is 0 Å². The molecule has 0 saturated heterocycles. The van der Waals surface area contributed by atoms with Gasteiger partial charge in [-0.1, -0.05) is 109 Å².